The van der Waals surface area contributed by atoms with Crippen LogP contribution in [0.3, 0.4) is 0 Å². The van der Waals surface area contributed by atoms with Crippen LogP contribution in [0.5, 0.6) is 5.75 Å². The van der Waals surface area contributed by atoms with Crippen molar-refractivity contribution in [2.24, 2.45) is 0 Å². The number of carbonyl (C=O) groups excluding carboxylic acids is 2. The zero-order valence-corrected chi connectivity index (χ0v) is 18.8. The lowest BCUT2D eigenvalue weighted by Crippen LogP contribution is -2.16. The number of carbonyl (C=O) groups is 2. The third-order valence-electron chi connectivity index (χ3n) is 4.89. The molecule has 0 aliphatic carbocycles. The molecule has 0 aromatic heterocycles. The largest absolute Gasteiger partial charge is 0.421 e. The predicted molar refractivity (Wildman–Crippen MR) is 123 cm³/mol. The number of aryl methyl sites for hydroxylation is 1. The van der Waals surface area contributed by atoms with Gasteiger partial charge in [0.05, 0.1) is 10.5 Å². The third-order valence-corrected chi connectivity index (χ3v) is 6.00. The molecular formula is C26H26O3S. The predicted octanol–water partition coefficient (Wildman–Crippen LogP) is 6.75. The van der Waals surface area contributed by atoms with Crippen LogP contribution in [0, 0.1) is 13.8 Å². The minimum absolute atomic E-state index is 0.0823. The Morgan fingerprint density at radius 2 is 1.37 bits per heavy atom. The lowest BCUT2D eigenvalue weighted by molar-refractivity contribution is 0.0728. The molecule has 0 saturated carbocycles. The monoisotopic (exact) mass is 418 g/mol. The summed E-state index contributed by atoms with van der Waals surface area (Å²) in [5.41, 5.74) is 3.89. The summed E-state index contributed by atoms with van der Waals surface area (Å²) in [4.78, 5) is 26.4. The van der Waals surface area contributed by atoms with E-state index in [9.17, 15) is 9.59 Å². The van der Waals surface area contributed by atoms with Crippen molar-refractivity contribution >= 4 is 22.8 Å². The molecule has 0 radical (unpaired) electrons. The molecule has 0 amide bonds. The number of ether oxygens (including phenoxy) is 1. The minimum Gasteiger partial charge on any atom is -0.421 e. The molecule has 30 heavy (non-hydrogen) atoms. The first-order valence-electron chi connectivity index (χ1n) is 9.87. The zero-order valence-electron chi connectivity index (χ0n) is 18.0. The second kappa shape index (κ2) is 8.88. The van der Waals surface area contributed by atoms with Crippen LogP contribution in [0.2, 0.25) is 0 Å². The summed E-state index contributed by atoms with van der Waals surface area (Å²) >= 11 is 1.12. The molecule has 0 N–H and O–H groups in total. The van der Waals surface area contributed by atoms with Crippen LogP contribution in [0.25, 0.3) is 0 Å². The quantitative estimate of drug-likeness (QED) is 0.267. The maximum absolute atomic E-state index is 13.0. The van der Waals surface area contributed by atoms with E-state index in [2.05, 4.69) is 26.8 Å². The van der Waals surface area contributed by atoms with Gasteiger partial charge in [0.2, 0.25) is 5.12 Å². The normalized spacial score (nSPS) is 11.2. The number of hydrogen-bond donors (Lipinski definition) is 0. The second-order valence-electron chi connectivity index (χ2n) is 8.29. The molecule has 0 unspecified atom stereocenters. The molecule has 4 heteroatoms. The summed E-state index contributed by atoms with van der Waals surface area (Å²) in [6.07, 6.45) is 0. The summed E-state index contributed by atoms with van der Waals surface area (Å²) < 4.78 is 5.84. The summed E-state index contributed by atoms with van der Waals surface area (Å²) in [7, 11) is 0. The number of benzene rings is 3. The Labute approximate surface area is 182 Å². The fraction of sp³-hybridized carbons (Fsp3) is 0.231. The van der Waals surface area contributed by atoms with E-state index in [1.807, 2.05) is 38.1 Å². The van der Waals surface area contributed by atoms with Crippen molar-refractivity contribution < 1.29 is 14.3 Å². The highest BCUT2D eigenvalue weighted by atomic mass is 32.2. The molecule has 0 bridgehead atoms. The van der Waals surface area contributed by atoms with Gasteiger partial charge in [0.15, 0.2) is 0 Å². The van der Waals surface area contributed by atoms with Crippen molar-refractivity contribution in [1.29, 1.82) is 0 Å². The highest BCUT2D eigenvalue weighted by Gasteiger charge is 2.26. The first-order valence-corrected chi connectivity index (χ1v) is 10.7. The average molecular weight is 419 g/mol. The van der Waals surface area contributed by atoms with Gasteiger partial charge in [0, 0.05) is 5.56 Å². The van der Waals surface area contributed by atoms with Crippen molar-refractivity contribution in [3.8, 4) is 5.75 Å². The molecule has 0 heterocycles. The summed E-state index contributed by atoms with van der Waals surface area (Å²) in [5, 5.41) is -0.0823. The first kappa shape index (κ1) is 21.8. The van der Waals surface area contributed by atoms with Gasteiger partial charge in [-0.2, -0.15) is 0 Å². The highest BCUT2D eigenvalue weighted by molar-refractivity contribution is 8.14. The van der Waals surface area contributed by atoms with Gasteiger partial charge < -0.3 is 4.74 Å². The van der Waals surface area contributed by atoms with Crippen LogP contribution in [0.15, 0.2) is 71.6 Å². The molecule has 3 rings (SSSR count). The summed E-state index contributed by atoms with van der Waals surface area (Å²) in [5.74, 6) is 0.0132. The molecule has 0 saturated heterocycles. The molecule has 3 aromatic rings. The van der Waals surface area contributed by atoms with E-state index >= 15 is 0 Å². The van der Waals surface area contributed by atoms with Crippen LogP contribution in [-0.2, 0) is 5.41 Å². The van der Waals surface area contributed by atoms with Gasteiger partial charge >= 0.3 is 5.97 Å². The molecule has 0 aliphatic heterocycles. The van der Waals surface area contributed by atoms with Crippen molar-refractivity contribution in [2.75, 3.05) is 0 Å². The third kappa shape index (κ3) is 4.82. The topological polar surface area (TPSA) is 43.4 Å². The Kier molecular flexibility index (Phi) is 6.47. The molecular weight excluding hydrogens is 392 g/mol. The van der Waals surface area contributed by atoms with Crippen molar-refractivity contribution in [1.82, 2.24) is 0 Å². The Morgan fingerprint density at radius 1 is 0.833 bits per heavy atom. The van der Waals surface area contributed by atoms with E-state index in [4.69, 9.17) is 4.74 Å². The van der Waals surface area contributed by atoms with E-state index in [0.717, 1.165) is 28.5 Å². The fourth-order valence-corrected chi connectivity index (χ4v) is 4.34. The van der Waals surface area contributed by atoms with Crippen LogP contribution in [0.4, 0.5) is 0 Å². The lowest BCUT2D eigenvalue weighted by atomic mass is 9.83. The smallest absolute Gasteiger partial charge is 0.343 e. The maximum Gasteiger partial charge on any atom is 0.343 e. The van der Waals surface area contributed by atoms with Gasteiger partial charge in [0.25, 0.3) is 0 Å². The van der Waals surface area contributed by atoms with Crippen molar-refractivity contribution in [3.63, 3.8) is 0 Å². The fourth-order valence-electron chi connectivity index (χ4n) is 3.34. The Bertz CT molecular complexity index is 1060. The Balaban J connectivity index is 2.07. The summed E-state index contributed by atoms with van der Waals surface area (Å²) in [6, 6.07) is 20.1. The van der Waals surface area contributed by atoms with E-state index in [1.165, 1.54) is 0 Å². The molecule has 154 valence electrons. The zero-order chi connectivity index (χ0) is 21.9. The number of esters is 1. The van der Waals surface area contributed by atoms with Crippen LogP contribution >= 0.6 is 11.8 Å². The van der Waals surface area contributed by atoms with Crippen LogP contribution in [-0.4, -0.2) is 11.1 Å². The first-order chi connectivity index (χ1) is 14.2. The average Bonchev–Trinajstić information content (AvgIpc) is 2.73. The van der Waals surface area contributed by atoms with Crippen molar-refractivity contribution in [2.45, 2.75) is 44.9 Å². The lowest BCUT2D eigenvalue weighted by Gasteiger charge is -2.26. The Morgan fingerprint density at radius 3 is 1.90 bits per heavy atom. The van der Waals surface area contributed by atoms with E-state index in [-0.39, 0.29) is 10.5 Å². The second-order valence-corrected chi connectivity index (χ2v) is 9.27. The highest BCUT2D eigenvalue weighted by Crippen LogP contribution is 2.42. The molecule has 0 aliphatic rings. The van der Waals surface area contributed by atoms with Gasteiger partial charge in [-0.3, -0.25) is 4.79 Å². The Hall–Kier alpha value is -2.85. The van der Waals surface area contributed by atoms with Gasteiger partial charge in [0.1, 0.15) is 5.75 Å². The standard InChI is InChI=1S/C26H26O3S/c1-17-16-21(26(3,4)5)18(2)23(30-25(28)20-14-10-7-11-15-20)22(17)29-24(27)19-12-8-6-9-13-19/h6-16H,1-5H3. The summed E-state index contributed by atoms with van der Waals surface area (Å²) in [6.45, 7) is 10.3. The van der Waals surface area contributed by atoms with E-state index in [0.29, 0.717) is 21.8 Å². The molecule has 0 spiro atoms. The minimum atomic E-state index is -0.435. The number of hydrogen-bond acceptors (Lipinski definition) is 4. The molecule has 0 fully saturated rings. The molecule has 0 atom stereocenters. The number of thioether (sulfide) groups is 1. The molecule has 3 aromatic carbocycles. The van der Waals surface area contributed by atoms with Crippen LogP contribution < -0.4 is 4.74 Å². The maximum atomic E-state index is 13.0. The van der Waals surface area contributed by atoms with Gasteiger partial charge in [-0.15, -0.1) is 0 Å². The van der Waals surface area contributed by atoms with E-state index in [1.54, 1.807) is 36.4 Å². The van der Waals surface area contributed by atoms with Gasteiger partial charge in [-0.25, -0.2) is 4.79 Å². The van der Waals surface area contributed by atoms with Gasteiger partial charge in [-0.05, 0) is 59.8 Å². The molecule has 3 nitrogen and oxygen atoms in total. The van der Waals surface area contributed by atoms with Gasteiger partial charge in [-0.1, -0.05) is 75.4 Å². The van der Waals surface area contributed by atoms with E-state index < -0.39 is 5.97 Å². The van der Waals surface area contributed by atoms with Crippen molar-refractivity contribution in [3.05, 3.63) is 94.5 Å². The van der Waals surface area contributed by atoms with Crippen LogP contribution in [0.1, 0.15) is 58.2 Å². The SMILES string of the molecule is Cc1cc(C(C)(C)C)c(C)c(SC(=O)c2ccccc2)c1OC(=O)c1ccccc1. The number of rotatable bonds is 4.